The van der Waals surface area contributed by atoms with Crippen molar-refractivity contribution in [3.63, 3.8) is 0 Å². The molecule has 3 rings (SSSR count). The third-order valence-electron chi connectivity index (χ3n) is 3.74. The van der Waals surface area contributed by atoms with Gasteiger partial charge in [0.05, 0.1) is 17.9 Å². The first kappa shape index (κ1) is 16.3. The lowest BCUT2D eigenvalue weighted by Crippen LogP contribution is -2.25. The predicted molar refractivity (Wildman–Crippen MR) is 84.5 cm³/mol. The first-order chi connectivity index (χ1) is 11.0. The van der Waals surface area contributed by atoms with Gasteiger partial charge in [-0.1, -0.05) is 30.8 Å². The fraction of sp³-hybridized carbons (Fsp3) is 0.714. The van der Waals surface area contributed by atoms with Gasteiger partial charge in [-0.05, 0) is 19.8 Å². The number of H-pyrrole nitrogens is 1. The summed E-state index contributed by atoms with van der Waals surface area (Å²) in [4.78, 5) is 16.4. The van der Waals surface area contributed by atoms with Crippen LogP contribution < -0.4 is 5.69 Å². The highest BCUT2D eigenvalue weighted by atomic mass is 32.2. The van der Waals surface area contributed by atoms with E-state index in [1.54, 1.807) is 4.57 Å². The Bertz CT molecular complexity index is 701. The summed E-state index contributed by atoms with van der Waals surface area (Å²) in [6, 6.07) is 0. The third-order valence-corrected chi connectivity index (χ3v) is 4.81. The highest BCUT2D eigenvalue weighted by molar-refractivity contribution is 7.99. The van der Waals surface area contributed by atoms with Crippen molar-refractivity contribution in [3.05, 3.63) is 22.2 Å². The van der Waals surface area contributed by atoms with Crippen molar-refractivity contribution in [2.75, 3.05) is 6.61 Å². The normalized spacial score (nSPS) is 19.6. The Labute approximate surface area is 138 Å². The standard InChI is InChI=1S/C14H21N5O3S/c1-8(2)11-15-12(22-18-11)9(3)23-14-17-16-13(20)19(14)7-10-5-4-6-21-10/h8-10H,4-7H2,1-3H3,(H,16,20). The summed E-state index contributed by atoms with van der Waals surface area (Å²) in [5.41, 5.74) is -0.219. The van der Waals surface area contributed by atoms with Crippen LogP contribution in [0.2, 0.25) is 0 Å². The Morgan fingerprint density at radius 1 is 1.43 bits per heavy atom. The molecule has 0 spiro atoms. The van der Waals surface area contributed by atoms with E-state index in [4.69, 9.17) is 9.26 Å². The monoisotopic (exact) mass is 339 g/mol. The SMILES string of the molecule is CC(C)c1noc(C(C)Sc2n[nH]c(=O)n2CC2CCCO2)n1. The molecule has 1 saturated heterocycles. The maximum Gasteiger partial charge on any atom is 0.344 e. The molecule has 1 aliphatic heterocycles. The van der Waals surface area contributed by atoms with E-state index < -0.39 is 0 Å². The first-order valence-corrected chi connectivity index (χ1v) is 8.69. The molecular formula is C14H21N5O3S. The minimum Gasteiger partial charge on any atom is -0.376 e. The second kappa shape index (κ2) is 6.88. The number of thioether (sulfide) groups is 1. The van der Waals surface area contributed by atoms with Crippen LogP contribution >= 0.6 is 11.8 Å². The Balaban J connectivity index is 1.72. The van der Waals surface area contributed by atoms with Crippen LogP contribution in [0.4, 0.5) is 0 Å². The maximum atomic E-state index is 12.0. The second-order valence-electron chi connectivity index (χ2n) is 5.96. The summed E-state index contributed by atoms with van der Waals surface area (Å²) in [7, 11) is 0. The molecule has 0 aromatic carbocycles. The average molecular weight is 339 g/mol. The number of nitrogens with zero attached hydrogens (tertiary/aromatic N) is 4. The highest BCUT2D eigenvalue weighted by Gasteiger charge is 2.23. The zero-order valence-corrected chi connectivity index (χ0v) is 14.3. The van der Waals surface area contributed by atoms with Crippen molar-refractivity contribution in [3.8, 4) is 0 Å². The maximum absolute atomic E-state index is 12.0. The zero-order valence-electron chi connectivity index (χ0n) is 13.5. The molecule has 1 N–H and O–H groups in total. The summed E-state index contributed by atoms with van der Waals surface area (Å²) >= 11 is 1.42. The van der Waals surface area contributed by atoms with Crippen LogP contribution in [0.25, 0.3) is 0 Å². The lowest BCUT2D eigenvalue weighted by atomic mass is 10.2. The van der Waals surface area contributed by atoms with Crippen molar-refractivity contribution in [2.45, 2.75) is 62.6 Å². The number of ether oxygens (including phenoxy) is 1. The smallest absolute Gasteiger partial charge is 0.344 e. The van der Waals surface area contributed by atoms with Crippen molar-refractivity contribution < 1.29 is 9.26 Å². The van der Waals surface area contributed by atoms with Crippen LogP contribution in [-0.4, -0.2) is 37.6 Å². The van der Waals surface area contributed by atoms with Crippen LogP contribution in [-0.2, 0) is 11.3 Å². The molecule has 23 heavy (non-hydrogen) atoms. The molecule has 0 saturated carbocycles. The van der Waals surface area contributed by atoms with E-state index in [1.807, 2.05) is 20.8 Å². The Morgan fingerprint density at radius 2 is 2.26 bits per heavy atom. The summed E-state index contributed by atoms with van der Waals surface area (Å²) in [5.74, 6) is 1.44. The van der Waals surface area contributed by atoms with Gasteiger partial charge in [0, 0.05) is 12.5 Å². The number of rotatable bonds is 6. The van der Waals surface area contributed by atoms with Crippen LogP contribution in [0.3, 0.4) is 0 Å². The van der Waals surface area contributed by atoms with E-state index in [0.717, 1.165) is 19.4 Å². The minimum absolute atomic E-state index is 0.0795. The van der Waals surface area contributed by atoms with Gasteiger partial charge in [0.2, 0.25) is 5.89 Å². The molecular weight excluding hydrogens is 318 g/mol. The molecule has 8 nitrogen and oxygen atoms in total. The van der Waals surface area contributed by atoms with Crippen LogP contribution in [0.1, 0.15) is 56.5 Å². The molecule has 1 fully saturated rings. The molecule has 2 aromatic rings. The average Bonchev–Trinajstić information content (AvgIpc) is 3.24. The lowest BCUT2D eigenvalue weighted by molar-refractivity contribution is 0.0941. The van der Waals surface area contributed by atoms with Crippen LogP contribution in [0.5, 0.6) is 0 Å². The summed E-state index contributed by atoms with van der Waals surface area (Å²) in [6.07, 6.45) is 2.09. The number of aromatic nitrogens is 5. The van der Waals surface area contributed by atoms with Gasteiger partial charge in [-0.2, -0.15) is 4.98 Å². The fourth-order valence-corrected chi connectivity index (χ4v) is 3.30. The van der Waals surface area contributed by atoms with Gasteiger partial charge in [-0.3, -0.25) is 4.57 Å². The van der Waals surface area contributed by atoms with Crippen molar-refractivity contribution in [2.24, 2.45) is 0 Å². The molecule has 2 unspecified atom stereocenters. The van der Waals surface area contributed by atoms with Gasteiger partial charge < -0.3 is 9.26 Å². The molecule has 1 aliphatic rings. The molecule has 126 valence electrons. The van der Waals surface area contributed by atoms with Crippen LogP contribution in [0, 0.1) is 0 Å². The molecule has 0 radical (unpaired) electrons. The highest BCUT2D eigenvalue weighted by Crippen LogP contribution is 2.32. The van der Waals surface area contributed by atoms with E-state index in [9.17, 15) is 4.79 Å². The fourth-order valence-electron chi connectivity index (χ4n) is 2.40. The Hall–Kier alpha value is -1.61. The molecule has 0 aliphatic carbocycles. The summed E-state index contributed by atoms with van der Waals surface area (Å²) in [5, 5.41) is 11.1. The van der Waals surface area contributed by atoms with Gasteiger partial charge in [-0.25, -0.2) is 9.89 Å². The summed E-state index contributed by atoms with van der Waals surface area (Å²) in [6.45, 7) is 7.26. The minimum atomic E-state index is -0.219. The first-order valence-electron chi connectivity index (χ1n) is 7.81. The third kappa shape index (κ3) is 3.66. The number of hydrogen-bond donors (Lipinski definition) is 1. The molecule has 0 bridgehead atoms. The Morgan fingerprint density at radius 3 is 2.91 bits per heavy atom. The topological polar surface area (TPSA) is 98.8 Å². The van der Waals surface area contributed by atoms with Crippen molar-refractivity contribution >= 4 is 11.8 Å². The molecule has 9 heteroatoms. The lowest BCUT2D eigenvalue weighted by Gasteiger charge is -2.12. The van der Waals surface area contributed by atoms with Crippen molar-refractivity contribution in [1.82, 2.24) is 24.9 Å². The number of aromatic amines is 1. The van der Waals surface area contributed by atoms with Gasteiger partial charge in [0.15, 0.2) is 11.0 Å². The van der Waals surface area contributed by atoms with E-state index in [2.05, 4.69) is 20.3 Å². The van der Waals surface area contributed by atoms with E-state index in [-0.39, 0.29) is 23.0 Å². The molecule has 2 aromatic heterocycles. The quantitative estimate of drug-likeness (QED) is 0.805. The van der Waals surface area contributed by atoms with Gasteiger partial charge in [0.1, 0.15) is 0 Å². The van der Waals surface area contributed by atoms with Gasteiger partial charge >= 0.3 is 5.69 Å². The van der Waals surface area contributed by atoms with Crippen molar-refractivity contribution in [1.29, 1.82) is 0 Å². The van der Waals surface area contributed by atoms with Gasteiger partial charge in [-0.15, -0.1) is 5.10 Å². The zero-order chi connectivity index (χ0) is 16.4. The van der Waals surface area contributed by atoms with E-state index in [0.29, 0.717) is 23.4 Å². The second-order valence-corrected chi connectivity index (χ2v) is 7.27. The predicted octanol–water partition coefficient (Wildman–Crippen LogP) is 2.11. The molecule has 3 heterocycles. The summed E-state index contributed by atoms with van der Waals surface area (Å²) < 4.78 is 12.5. The number of hydrogen-bond acceptors (Lipinski definition) is 7. The van der Waals surface area contributed by atoms with Gasteiger partial charge in [0.25, 0.3) is 0 Å². The van der Waals surface area contributed by atoms with E-state index >= 15 is 0 Å². The van der Waals surface area contributed by atoms with E-state index in [1.165, 1.54) is 11.8 Å². The molecule has 0 amide bonds. The van der Waals surface area contributed by atoms with Crippen LogP contribution in [0.15, 0.2) is 14.5 Å². The largest absolute Gasteiger partial charge is 0.376 e. The Kier molecular flexibility index (Phi) is 4.86. The number of nitrogens with one attached hydrogen (secondary N) is 1. The molecule has 2 atom stereocenters.